The van der Waals surface area contributed by atoms with Crippen LogP contribution in [0.1, 0.15) is 42.9 Å². The van der Waals surface area contributed by atoms with Gasteiger partial charge in [-0.25, -0.2) is 0 Å². The van der Waals surface area contributed by atoms with Crippen LogP contribution in [0, 0.1) is 5.92 Å². The molecule has 1 unspecified atom stereocenters. The molecule has 2 aromatic rings. The third-order valence-corrected chi connectivity index (χ3v) is 5.55. The summed E-state index contributed by atoms with van der Waals surface area (Å²) in [5, 5.41) is 3.53. The first-order chi connectivity index (χ1) is 12.6. The second-order valence-electron chi connectivity index (χ2n) is 7.04. The van der Waals surface area contributed by atoms with E-state index in [1.807, 2.05) is 42.5 Å². The van der Waals surface area contributed by atoms with Crippen LogP contribution in [0.4, 0.5) is 5.69 Å². The van der Waals surface area contributed by atoms with Gasteiger partial charge in [-0.1, -0.05) is 54.8 Å². The molecule has 2 aliphatic rings. The van der Waals surface area contributed by atoms with Crippen molar-refractivity contribution in [2.45, 2.75) is 31.7 Å². The Morgan fingerprint density at radius 1 is 1.08 bits per heavy atom. The topological polar surface area (TPSA) is 49.4 Å². The second kappa shape index (κ2) is 7.12. The van der Waals surface area contributed by atoms with E-state index in [4.69, 9.17) is 11.6 Å². The SMILES string of the molecule is O=C1CN(C(=O)C2CCCC2)C(c2ccccc2)c2cc(Cl)ccc2N1. The normalized spacial score (nSPS) is 20.4. The Hall–Kier alpha value is -2.33. The zero-order valence-electron chi connectivity index (χ0n) is 14.5. The molecule has 0 bridgehead atoms. The van der Waals surface area contributed by atoms with E-state index in [-0.39, 0.29) is 30.3 Å². The molecule has 0 radical (unpaired) electrons. The highest BCUT2D eigenvalue weighted by atomic mass is 35.5. The van der Waals surface area contributed by atoms with Crippen LogP contribution in [0.3, 0.4) is 0 Å². The highest BCUT2D eigenvalue weighted by molar-refractivity contribution is 6.30. The van der Waals surface area contributed by atoms with Crippen LogP contribution in [0.15, 0.2) is 48.5 Å². The predicted octanol–water partition coefficient (Wildman–Crippen LogP) is 4.40. The van der Waals surface area contributed by atoms with E-state index >= 15 is 0 Å². The number of fused-ring (bicyclic) bond motifs is 1. The van der Waals surface area contributed by atoms with E-state index < -0.39 is 0 Å². The van der Waals surface area contributed by atoms with Crippen LogP contribution in [0.2, 0.25) is 5.02 Å². The predicted molar refractivity (Wildman–Crippen MR) is 102 cm³/mol. The number of hydrogen-bond acceptors (Lipinski definition) is 2. The summed E-state index contributed by atoms with van der Waals surface area (Å²) in [5.74, 6) is -0.0903. The van der Waals surface area contributed by atoms with Crippen molar-refractivity contribution in [2.24, 2.45) is 5.92 Å². The Balaban J connectivity index is 1.84. The van der Waals surface area contributed by atoms with Gasteiger partial charge in [0.1, 0.15) is 6.54 Å². The fourth-order valence-electron chi connectivity index (χ4n) is 4.08. The number of carbonyl (C=O) groups is 2. The first-order valence-electron chi connectivity index (χ1n) is 9.08. The van der Waals surface area contributed by atoms with Gasteiger partial charge in [-0.2, -0.15) is 0 Å². The number of carbonyl (C=O) groups excluding carboxylic acids is 2. The summed E-state index contributed by atoms with van der Waals surface area (Å²) in [5.41, 5.74) is 2.56. The maximum atomic E-state index is 13.3. The lowest BCUT2D eigenvalue weighted by molar-refractivity contribution is -0.139. The standard InChI is InChI=1S/C21H21ClN2O2/c22-16-10-11-18-17(12-16)20(14-6-2-1-3-7-14)24(13-19(25)23-18)21(26)15-8-4-5-9-15/h1-3,6-7,10-12,15,20H,4-5,8-9,13H2,(H,23,25). The summed E-state index contributed by atoms with van der Waals surface area (Å²) in [7, 11) is 0. The summed E-state index contributed by atoms with van der Waals surface area (Å²) >= 11 is 6.26. The summed E-state index contributed by atoms with van der Waals surface area (Å²) in [4.78, 5) is 27.5. The Kier molecular flexibility index (Phi) is 4.68. The molecule has 1 N–H and O–H groups in total. The molecule has 1 aliphatic heterocycles. The first-order valence-corrected chi connectivity index (χ1v) is 9.46. The largest absolute Gasteiger partial charge is 0.324 e. The van der Waals surface area contributed by atoms with Gasteiger partial charge in [0.05, 0.1) is 6.04 Å². The molecule has 1 heterocycles. The quantitative estimate of drug-likeness (QED) is 0.854. The summed E-state index contributed by atoms with van der Waals surface area (Å²) in [6.45, 7) is 0.0567. The molecule has 1 atom stereocenters. The lowest BCUT2D eigenvalue weighted by atomic mass is 9.94. The van der Waals surface area contributed by atoms with Crippen molar-refractivity contribution >= 4 is 29.1 Å². The zero-order valence-corrected chi connectivity index (χ0v) is 15.2. The number of halogens is 1. The highest BCUT2D eigenvalue weighted by Gasteiger charge is 2.37. The van der Waals surface area contributed by atoms with Gasteiger partial charge in [-0.05, 0) is 36.6 Å². The van der Waals surface area contributed by atoms with Gasteiger partial charge in [0.2, 0.25) is 11.8 Å². The van der Waals surface area contributed by atoms with E-state index in [0.717, 1.165) is 42.5 Å². The van der Waals surface area contributed by atoms with Gasteiger partial charge in [-0.3, -0.25) is 9.59 Å². The lowest BCUT2D eigenvalue weighted by Crippen LogP contribution is -2.41. The van der Waals surface area contributed by atoms with E-state index in [9.17, 15) is 9.59 Å². The minimum absolute atomic E-state index is 0.00902. The van der Waals surface area contributed by atoms with Gasteiger partial charge in [0.15, 0.2) is 0 Å². The van der Waals surface area contributed by atoms with E-state index in [0.29, 0.717) is 5.02 Å². The highest BCUT2D eigenvalue weighted by Crippen LogP contribution is 2.39. The number of nitrogens with one attached hydrogen (secondary N) is 1. The minimum Gasteiger partial charge on any atom is -0.324 e. The van der Waals surface area contributed by atoms with Crippen molar-refractivity contribution in [1.29, 1.82) is 0 Å². The number of amides is 2. The Morgan fingerprint density at radius 2 is 1.81 bits per heavy atom. The molecule has 5 heteroatoms. The van der Waals surface area contributed by atoms with Crippen LogP contribution < -0.4 is 5.32 Å². The first kappa shape index (κ1) is 17.1. The average molecular weight is 369 g/mol. The Bertz CT molecular complexity index is 831. The summed E-state index contributed by atoms with van der Waals surface area (Å²) < 4.78 is 0. The second-order valence-corrected chi connectivity index (χ2v) is 7.48. The molecule has 26 heavy (non-hydrogen) atoms. The molecule has 2 amide bonds. The molecule has 1 saturated carbocycles. The molecule has 134 valence electrons. The van der Waals surface area contributed by atoms with Crippen molar-refractivity contribution in [3.63, 3.8) is 0 Å². The molecular formula is C21H21ClN2O2. The smallest absolute Gasteiger partial charge is 0.244 e. The van der Waals surface area contributed by atoms with E-state index in [1.54, 1.807) is 11.0 Å². The van der Waals surface area contributed by atoms with Crippen molar-refractivity contribution in [2.75, 3.05) is 11.9 Å². The van der Waals surface area contributed by atoms with Crippen molar-refractivity contribution < 1.29 is 9.59 Å². The molecular weight excluding hydrogens is 348 g/mol. The Labute approximate surface area is 158 Å². The third kappa shape index (κ3) is 3.21. The third-order valence-electron chi connectivity index (χ3n) is 5.31. The number of hydrogen-bond donors (Lipinski definition) is 1. The number of rotatable bonds is 2. The number of nitrogens with zero attached hydrogens (tertiary/aromatic N) is 1. The molecule has 2 aromatic carbocycles. The molecule has 0 saturated heterocycles. The summed E-state index contributed by atoms with van der Waals surface area (Å²) in [6, 6.07) is 15.0. The van der Waals surface area contributed by atoms with Gasteiger partial charge in [-0.15, -0.1) is 0 Å². The van der Waals surface area contributed by atoms with Crippen molar-refractivity contribution in [1.82, 2.24) is 4.90 Å². The van der Waals surface area contributed by atoms with E-state index in [1.165, 1.54) is 0 Å². The minimum atomic E-state index is -0.322. The van der Waals surface area contributed by atoms with Gasteiger partial charge >= 0.3 is 0 Å². The molecule has 4 nitrogen and oxygen atoms in total. The zero-order chi connectivity index (χ0) is 18.1. The van der Waals surface area contributed by atoms with Gasteiger partial charge in [0, 0.05) is 22.2 Å². The van der Waals surface area contributed by atoms with E-state index in [2.05, 4.69) is 5.32 Å². The molecule has 1 aliphatic carbocycles. The summed E-state index contributed by atoms with van der Waals surface area (Å²) in [6.07, 6.45) is 3.96. The molecule has 0 spiro atoms. The fraction of sp³-hybridized carbons (Fsp3) is 0.333. The maximum Gasteiger partial charge on any atom is 0.244 e. The van der Waals surface area contributed by atoms with Crippen LogP contribution >= 0.6 is 11.6 Å². The maximum absolute atomic E-state index is 13.3. The monoisotopic (exact) mass is 368 g/mol. The number of benzene rings is 2. The molecule has 0 aromatic heterocycles. The van der Waals surface area contributed by atoms with Crippen molar-refractivity contribution in [3.8, 4) is 0 Å². The number of anilines is 1. The average Bonchev–Trinajstić information content (AvgIpc) is 3.13. The van der Waals surface area contributed by atoms with Gasteiger partial charge in [0.25, 0.3) is 0 Å². The van der Waals surface area contributed by atoms with Crippen LogP contribution in [0.25, 0.3) is 0 Å². The van der Waals surface area contributed by atoms with Crippen LogP contribution in [0.5, 0.6) is 0 Å². The van der Waals surface area contributed by atoms with Gasteiger partial charge < -0.3 is 10.2 Å². The molecule has 4 rings (SSSR count). The van der Waals surface area contributed by atoms with Crippen LogP contribution in [-0.2, 0) is 9.59 Å². The lowest BCUT2D eigenvalue weighted by Gasteiger charge is -2.32. The van der Waals surface area contributed by atoms with Crippen LogP contribution in [-0.4, -0.2) is 23.3 Å². The molecule has 1 fully saturated rings. The fourth-order valence-corrected chi connectivity index (χ4v) is 4.27. The Morgan fingerprint density at radius 3 is 2.54 bits per heavy atom. The van der Waals surface area contributed by atoms with Crippen molar-refractivity contribution in [3.05, 3.63) is 64.7 Å².